The number of carbonyl (C=O) groups excluding carboxylic acids is 2. The van der Waals surface area contributed by atoms with E-state index in [1.54, 1.807) is 17.0 Å². The molecule has 1 saturated heterocycles. The maximum atomic E-state index is 12.6. The summed E-state index contributed by atoms with van der Waals surface area (Å²) in [4.78, 5) is 26.6. The van der Waals surface area contributed by atoms with Crippen LogP contribution in [-0.2, 0) is 4.79 Å². The molecule has 7 heteroatoms. The van der Waals surface area contributed by atoms with Gasteiger partial charge in [0.05, 0.1) is 0 Å². The number of nitrogens with one attached hydrogen (secondary N) is 1. The summed E-state index contributed by atoms with van der Waals surface area (Å²) in [7, 11) is 0. The zero-order valence-electron chi connectivity index (χ0n) is 13.3. The van der Waals surface area contributed by atoms with Crippen LogP contribution in [0.4, 0.5) is 0 Å². The van der Waals surface area contributed by atoms with E-state index in [4.69, 9.17) is 5.73 Å². The fraction of sp³-hybridized carbons (Fsp3) is 0.500. The van der Waals surface area contributed by atoms with E-state index in [9.17, 15) is 9.59 Å². The summed E-state index contributed by atoms with van der Waals surface area (Å²) < 4.78 is 0.921. The number of likely N-dealkylation sites (tertiary alicyclic amines) is 1. The van der Waals surface area contributed by atoms with Crippen LogP contribution in [0, 0.1) is 0 Å². The van der Waals surface area contributed by atoms with Crippen molar-refractivity contribution in [3.63, 3.8) is 0 Å². The van der Waals surface area contributed by atoms with Gasteiger partial charge in [-0.3, -0.25) is 9.59 Å². The van der Waals surface area contributed by atoms with E-state index in [0.717, 1.165) is 10.9 Å². The number of nitrogens with zero attached hydrogens (tertiary/aromatic N) is 1. The van der Waals surface area contributed by atoms with E-state index in [2.05, 4.69) is 21.2 Å². The van der Waals surface area contributed by atoms with Gasteiger partial charge in [-0.1, -0.05) is 15.9 Å². The van der Waals surface area contributed by atoms with E-state index in [1.807, 2.05) is 26.0 Å². The predicted molar refractivity (Wildman–Crippen MR) is 96.7 cm³/mol. The summed E-state index contributed by atoms with van der Waals surface area (Å²) in [5.41, 5.74) is 6.02. The minimum absolute atomic E-state index is 0. The van der Waals surface area contributed by atoms with Gasteiger partial charge in [0.25, 0.3) is 5.91 Å². The van der Waals surface area contributed by atoms with Gasteiger partial charge in [0.1, 0.15) is 6.04 Å². The molecule has 2 rings (SSSR count). The lowest BCUT2D eigenvalue weighted by molar-refractivity contribution is -0.125. The summed E-state index contributed by atoms with van der Waals surface area (Å²) in [6, 6.07) is 6.79. The number of carbonyl (C=O) groups is 2. The highest BCUT2D eigenvalue weighted by molar-refractivity contribution is 9.10. The van der Waals surface area contributed by atoms with Gasteiger partial charge in [0, 0.05) is 28.7 Å². The van der Waals surface area contributed by atoms with Crippen molar-refractivity contribution < 1.29 is 9.59 Å². The Bertz CT molecular complexity index is 557. The summed E-state index contributed by atoms with van der Waals surface area (Å²) in [5, 5.41) is 2.84. The lowest BCUT2D eigenvalue weighted by Crippen LogP contribution is -2.51. The van der Waals surface area contributed by atoms with Crippen molar-refractivity contribution in [3.05, 3.63) is 34.3 Å². The van der Waals surface area contributed by atoms with Crippen molar-refractivity contribution in [2.75, 3.05) is 13.1 Å². The maximum absolute atomic E-state index is 12.6. The Labute approximate surface area is 151 Å². The zero-order chi connectivity index (χ0) is 16.3. The van der Waals surface area contributed by atoms with Gasteiger partial charge in [-0.2, -0.15) is 0 Å². The van der Waals surface area contributed by atoms with E-state index in [1.165, 1.54) is 0 Å². The van der Waals surface area contributed by atoms with Crippen LogP contribution < -0.4 is 11.1 Å². The van der Waals surface area contributed by atoms with Gasteiger partial charge in [-0.05, 0) is 51.0 Å². The molecule has 0 spiro atoms. The second-order valence-corrected chi connectivity index (χ2v) is 7.29. The van der Waals surface area contributed by atoms with Crippen LogP contribution in [0.15, 0.2) is 28.7 Å². The second-order valence-electron chi connectivity index (χ2n) is 6.37. The molecule has 1 unspecified atom stereocenters. The number of rotatable bonds is 4. The number of hydrogen-bond donors (Lipinski definition) is 2. The highest BCUT2D eigenvalue weighted by Crippen LogP contribution is 2.21. The lowest BCUT2D eigenvalue weighted by Gasteiger charge is -2.26. The van der Waals surface area contributed by atoms with Crippen LogP contribution in [0.5, 0.6) is 0 Å². The minimum atomic E-state index is -0.463. The molecule has 0 radical (unpaired) electrons. The minimum Gasteiger partial charge on any atom is -0.352 e. The van der Waals surface area contributed by atoms with Crippen LogP contribution in [0.1, 0.15) is 37.0 Å². The molecule has 1 atom stereocenters. The molecule has 1 aromatic carbocycles. The van der Waals surface area contributed by atoms with Gasteiger partial charge in [-0.25, -0.2) is 0 Å². The second kappa shape index (κ2) is 8.13. The Hall–Kier alpha value is -1.11. The smallest absolute Gasteiger partial charge is 0.254 e. The topological polar surface area (TPSA) is 75.4 Å². The highest BCUT2D eigenvalue weighted by atomic mass is 79.9. The average Bonchev–Trinajstić information content (AvgIpc) is 2.93. The molecule has 5 nitrogen and oxygen atoms in total. The third-order valence-electron chi connectivity index (χ3n) is 3.63. The third-order valence-corrected chi connectivity index (χ3v) is 4.15. The van der Waals surface area contributed by atoms with Gasteiger partial charge in [0.15, 0.2) is 0 Å². The standard InChI is InChI=1S/C16H22BrN3O2.ClH/c1-16(2,18)10-19-14(21)13-4-3-9-20(13)15(22)11-5-7-12(17)8-6-11;/h5-8,13H,3-4,9-10,18H2,1-2H3,(H,19,21);1H. The van der Waals surface area contributed by atoms with Crippen molar-refractivity contribution in [1.82, 2.24) is 10.2 Å². The van der Waals surface area contributed by atoms with E-state index < -0.39 is 11.6 Å². The number of halogens is 2. The molecular formula is C16H23BrClN3O2. The molecule has 1 aliphatic rings. The number of amides is 2. The molecule has 2 amide bonds. The van der Waals surface area contributed by atoms with Crippen LogP contribution in [0.25, 0.3) is 0 Å². The monoisotopic (exact) mass is 403 g/mol. The molecular weight excluding hydrogens is 382 g/mol. The van der Waals surface area contributed by atoms with Gasteiger partial charge in [-0.15, -0.1) is 12.4 Å². The van der Waals surface area contributed by atoms with Crippen LogP contribution in [0.2, 0.25) is 0 Å². The summed E-state index contributed by atoms with van der Waals surface area (Å²) >= 11 is 3.35. The van der Waals surface area contributed by atoms with E-state index >= 15 is 0 Å². The van der Waals surface area contributed by atoms with Gasteiger partial charge >= 0.3 is 0 Å². The van der Waals surface area contributed by atoms with Crippen LogP contribution in [0.3, 0.4) is 0 Å². The first-order valence-corrected chi connectivity index (χ1v) is 8.20. The normalized spacial score (nSPS) is 17.6. The third kappa shape index (κ3) is 5.48. The molecule has 0 bridgehead atoms. The Morgan fingerprint density at radius 2 is 1.96 bits per heavy atom. The Kier molecular flexibility index (Phi) is 7.04. The Morgan fingerprint density at radius 1 is 1.35 bits per heavy atom. The number of benzene rings is 1. The SMILES string of the molecule is CC(C)(N)CNC(=O)C1CCCN1C(=O)c1ccc(Br)cc1.Cl. The molecule has 1 fully saturated rings. The fourth-order valence-corrected chi connectivity index (χ4v) is 2.74. The Morgan fingerprint density at radius 3 is 2.52 bits per heavy atom. The fourth-order valence-electron chi connectivity index (χ4n) is 2.47. The molecule has 23 heavy (non-hydrogen) atoms. The summed E-state index contributed by atoms with van der Waals surface area (Å²) in [5.74, 6) is -0.223. The summed E-state index contributed by atoms with van der Waals surface area (Å²) in [6.07, 6.45) is 1.53. The zero-order valence-corrected chi connectivity index (χ0v) is 15.7. The van der Waals surface area contributed by atoms with Gasteiger partial charge < -0.3 is 16.0 Å². The first kappa shape index (κ1) is 19.9. The summed E-state index contributed by atoms with van der Waals surface area (Å²) in [6.45, 7) is 4.71. The van der Waals surface area contributed by atoms with Crippen molar-refractivity contribution in [2.24, 2.45) is 5.73 Å². The molecule has 1 heterocycles. The Balaban J connectivity index is 0.00000264. The molecule has 3 N–H and O–H groups in total. The van der Waals surface area contributed by atoms with Crippen LogP contribution >= 0.6 is 28.3 Å². The first-order chi connectivity index (χ1) is 10.3. The lowest BCUT2D eigenvalue weighted by atomic mass is 10.1. The maximum Gasteiger partial charge on any atom is 0.254 e. The molecule has 0 aromatic heterocycles. The highest BCUT2D eigenvalue weighted by Gasteiger charge is 2.34. The van der Waals surface area contributed by atoms with Crippen molar-refractivity contribution in [2.45, 2.75) is 38.3 Å². The van der Waals surface area contributed by atoms with Crippen molar-refractivity contribution >= 4 is 40.2 Å². The number of hydrogen-bond acceptors (Lipinski definition) is 3. The first-order valence-electron chi connectivity index (χ1n) is 7.41. The van der Waals surface area contributed by atoms with Crippen molar-refractivity contribution in [3.8, 4) is 0 Å². The van der Waals surface area contributed by atoms with E-state index in [0.29, 0.717) is 25.1 Å². The predicted octanol–water partition coefficient (Wildman–Crippen LogP) is 2.33. The van der Waals surface area contributed by atoms with E-state index in [-0.39, 0.29) is 24.2 Å². The molecule has 0 saturated carbocycles. The average molecular weight is 405 g/mol. The molecule has 128 valence electrons. The van der Waals surface area contributed by atoms with Crippen molar-refractivity contribution in [1.29, 1.82) is 0 Å². The largest absolute Gasteiger partial charge is 0.352 e. The molecule has 1 aliphatic heterocycles. The van der Waals surface area contributed by atoms with Gasteiger partial charge in [0.2, 0.25) is 5.91 Å². The van der Waals surface area contributed by atoms with Crippen LogP contribution in [-0.4, -0.2) is 41.4 Å². The number of nitrogens with two attached hydrogens (primary N) is 1. The quantitative estimate of drug-likeness (QED) is 0.809. The molecule has 1 aromatic rings. The molecule has 0 aliphatic carbocycles.